The van der Waals surface area contributed by atoms with E-state index in [4.69, 9.17) is 4.74 Å². The van der Waals surface area contributed by atoms with Crippen LogP contribution in [0.1, 0.15) is 53.7 Å². The second-order valence-corrected chi connectivity index (χ2v) is 8.50. The number of aryl methyl sites for hydroxylation is 1. The SMILES string of the molecule is CCOC(=O)c1cnn(-c2cc(C)c3ccccc3n2)c1NC(=O)/C=C/c1ccc(C(C)C)cc1. The summed E-state index contributed by atoms with van der Waals surface area (Å²) < 4.78 is 6.62. The van der Waals surface area contributed by atoms with Crippen molar-refractivity contribution >= 4 is 34.7 Å². The first-order valence-electron chi connectivity index (χ1n) is 11.6. The summed E-state index contributed by atoms with van der Waals surface area (Å²) in [5, 5.41) is 8.17. The molecule has 0 atom stereocenters. The standard InChI is InChI=1S/C28H28N4O3/c1-5-35-28(34)23-17-29-32(25-16-19(4)22-8-6-7-9-24(22)30-25)27(23)31-26(33)15-12-20-10-13-21(14-11-20)18(2)3/h6-18H,5H2,1-4H3,(H,31,33)/b15-12+. The van der Waals surface area contributed by atoms with Crippen molar-refractivity contribution in [2.45, 2.75) is 33.6 Å². The van der Waals surface area contributed by atoms with Crippen LogP contribution in [-0.4, -0.2) is 33.2 Å². The Morgan fingerprint density at radius 1 is 1.11 bits per heavy atom. The zero-order valence-electron chi connectivity index (χ0n) is 20.3. The lowest BCUT2D eigenvalue weighted by atomic mass is 10.0. The smallest absolute Gasteiger partial charge is 0.343 e. The van der Waals surface area contributed by atoms with Crippen LogP contribution in [-0.2, 0) is 9.53 Å². The second-order valence-electron chi connectivity index (χ2n) is 8.50. The van der Waals surface area contributed by atoms with Crippen LogP contribution in [0.15, 0.2) is 66.9 Å². The summed E-state index contributed by atoms with van der Waals surface area (Å²) in [7, 11) is 0. The van der Waals surface area contributed by atoms with E-state index in [2.05, 4.69) is 29.2 Å². The molecule has 4 aromatic rings. The fourth-order valence-electron chi connectivity index (χ4n) is 3.76. The minimum Gasteiger partial charge on any atom is -0.462 e. The molecule has 1 N–H and O–H groups in total. The van der Waals surface area contributed by atoms with Crippen molar-refractivity contribution in [3.8, 4) is 5.82 Å². The number of pyridine rings is 1. The lowest BCUT2D eigenvalue weighted by Gasteiger charge is -2.11. The molecule has 7 heteroatoms. The van der Waals surface area contributed by atoms with Gasteiger partial charge in [-0.25, -0.2) is 9.78 Å². The molecule has 0 saturated carbocycles. The van der Waals surface area contributed by atoms with Crippen molar-refractivity contribution in [3.63, 3.8) is 0 Å². The van der Waals surface area contributed by atoms with Gasteiger partial charge in [0.2, 0.25) is 5.91 Å². The Morgan fingerprint density at radius 3 is 2.57 bits per heavy atom. The Balaban J connectivity index is 1.67. The average molecular weight is 469 g/mol. The maximum Gasteiger partial charge on any atom is 0.343 e. The van der Waals surface area contributed by atoms with Crippen LogP contribution in [0.4, 0.5) is 5.82 Å². The fourth-order valence-corrected chi connectivity index (χ4v) is 3.76. The van der Waals surface area contributed by atoms with Gasteiger partial charge in [0, 0.05) is 11.5 Å². The Bertz CT molecular complexity index is 1400. The highest BCUT2D eigenvalue weighted by atomic mass is 16.5. The number of anilines is 1. The molecule has 0 aliphatic carbocycles. The van der Waals surface area contributed by atoms with Gasteiger partial charge in [-0.15, -0.1) is 0 Å². The van der Waals surface area contributed by atoms with Gasteiger partial charge in [0.15, 0.2) is 11.6 Å². The summed E-state index contributed by atoms with van der Waals surface area (Å²) in [5.41, 5.74) is 4.07. The van der Waals surface area contributed by atoms with Crippen molar-refractivity contribution in [3.05, 3.63) is 89.1 Å². The summed E-state index contributed by atoms with van der Waals surface area (Å²) in [6.45, 7) is 8.18. The number of hydrogen-bond acceptors (Lipinski definition) is 5. The monoisotopic (exact) mass is 468 g/mol. The Morgan fingerprint density at radius 2 is 1.86 bits per heavy atom. The minimum absolute atomic E-state index is 0.155. The Kier molecular flexibility index (Phi) is 7.06. The normalized spacial score (nSPS) is 11.3. The molecule has 0 aliphatic heterocycles. The van der Waals surface area contributed by atoms with E-state index < -0.39 is 11.9 Å². The summed E-state index contributed by atoms with van der Waals surface area (Å²) in [6, 6.07) is 17.7. The van der Waals surface area contributed by atoms with Crippen LogP contribution in [0.3, 0.4) is 0 Å². The van der Waals surface area contributed by atoms with Crippen LogP contribution in [0.5, 0.6) is 0 Å². The van der Waals surface area contributed by atoms with E-state index in [9.17, 15) is 9.59 Å². The van der Waals surface area contributed by atoms with E-state index in [1.165, 1.54) is 22.5 Å². The molecule has 2 aromatic heterocycles. The number of rotatable bonds is 7. The number of aromatic nitrogens is 3. The number of nitrogens with zero attached hydrogens (tertiary/aromatic N) is 3. The van der Waals surface area contributed by atoms with E-state index >= 15 is 0 Å². The van der Waals surface area contributed by atoms with Crippen molar-refractivity contribution in [2.75, 3.05) is 11.9 Å². The van der Waals surface area contributed by atoms with Gasteiger partial charge < -0.3 is 10.1 Å². The molecule has 0 unspecified atom stereocenters. The quantitative estimate of drug-likeness (QED) is 0.279. The molecule has 0 spiro atoms. The first kappa shape index (κ1) is 23.9. The number of hydrogen-bond donors (Lipinski definition) is 1. The predicted molar refractivity (Wildman–Crippen MR) is 138 cm³/mol. The van der Waals surface area contributed by atoms with E-state index in [0.717, 1.165) is 22.0 Å². The average Bonchev–Trinajstić information content (AvgIpc) is 3.26. The highest BCUT2D eigenvalue weighted by molar-refractivity contribution is 6.05. The molecule has 2 aromatic carbocycles. The van der Waals surface area contributed by atoms with Crippen LogP contribution < -0.4 is 5.32 Å². The number of fused-ring (bicyclic) bond motifs is 1. The van der Waals surface area contributed by atoms with E-state index in [1.54, 1.807) is 13.0 Å². The largest absolute Gasteiger partial charge is 0.462 e. The molecular weight excluding hydrogens is 440 g/mol. The lowest BCUT2D eigenvalue weighted by Crippen LogP contribution is -2.16. The van der Waals surface area contributed by atoms with Crippen LogP contribution in [0.25, 0.3) is 22.8 Å². The molecular formula is C28H28N4O3. The predicted octanol–water partition coefficient (Wildman–Crippen LogP) is 5.68. The van der Waals surface area contributed by atoms with Crippen molar-refractivity contribution < 1.29 is 14.3 Å². The van der Waals surface area contributed by atoms with Gasteiger partial charge in [0.1, 0.15) is 5.56 Å². The van der Waals surface area contributed by atoms with Gasteiger partial charge in [-0.1, -0.05) is 56.3 Å². The van der Waals surface area contributed by atoms with Gasteiger partial charge in [0.25, 0.3) is 0 Å². The number of esters is 1. The topological polar surface area (TPSA) is 86.1 Å². The van der Waals surface area contributed by atoms with E-state index in [0.29, 0.717) is 11.7 Å². The van der Waals surface area contributed by atoms with Gasteiger partial charge in [0.05, 0.1) is 18.3 Å². The van der Waals surface area contributed by atoms with Crippen LogP contribution >= 0.6 is 0 Å². The second kappa shape index (κ2) is 10.3. The summed E-state index contributed by atoms with van der Waals surface area (Å²) in [4.78, 5) is 30.1. The molecule has 0 bridgehead atoms. The van der Waals surface area contributed by atoms with Gasteiger partial charge in [-0.2, -0.15) is 9.78 Å². The van der Waals surface area contributed by atoms with Crippen molar-refractivity contribution in [1.29, 1.82) is 0 Å². The van der Waals surface area contributed by atoms with E-state index in [-0.39, 0.29) is 18.0 Å². The Labute approximate surface area is 204 Å². The van der Waals surface area contributed by atoms with Gasteiger partial charge in [-0.3, -0.25) is 4.79 Å². The number of ether oxygens (including phenoxy) is 1. The fraction of sp³-hybridized carbons (Fsp3) is 0.214. The third-order valence-electron chi connectivity index (χ3n) is 5.66. The maximum absolute atomic E-state index is 12.8. The number of nitrogens with one attached hydrogen (secondary N) is 1. The molecule has 178 valence electrons. The number of carbonyl (C=O) groups excluding carboxylic acids is 2. The lowest BCUT2D eigenvalue weighted by molar-refractivity contribution is -0.111. The zero-order valence-corrected chi connectivity index (χ0v) is 20.3. The molecule has 7 nitrogen and oxygen atoms in total. The van der Waals surface area contributed by atoms with Crippen molar-refractivity contribution in [2.24, 2.45) is 0 Å². The minimum atomic E-state index is -0.570. The Hall–Kier alpha value is -4.26. The highest BCUT2D eigenvalue weighted by Gasteiger charge is 2.22. The highest BCUT2D eigenvalue weighted by Crippen LogP contribution is 2.24. The molecule has 0 radical (unpaired) electrons. The summed E-state index contributed by atoms with van der Waals surface area (Å²) in [5.74, 6) is 0.156. The molecule has 0 fully saturated rings. The molecule has 0 aliphatic rings. The van der Waals surface area contributed by atoms with Crippen LogP contribution in [0.2, 0.25) is 0 Å². The first-order chi connectivity index (χ1) is 16.9. The molecule has 1 amide bonds. The zero-order chi connectivity index (χ0) is 24.9. The summed E-state index contributed by atoms with van der Waals surface area (Å²) >= 11 is 0. The number of benzene rings is 2. The number of carbonyl (C=O) groups is 2. The molecule has 35 heavy (non-hydrogen) atoms. The third kappa shape index (κ3) is 5.30. The summed E-state index contributed by atoms with van der Waals surface area (Å²) in [6.07, 6.45) is 4.53. The molecule has 4 rings (SSSR count). The van der Waals surface area contributed by atoms with Crippen LogP contribution in [0, 0.1) is 6.92 Å². The number of amides is 1. The van der Waals surface area contributed by atoms with Crippen molar-refractivity contribution in [1.82, 2.24) is 14.8 Å². The third-order valence-corrected chi connectivity index (χ3v) is 5.66. The maximum atomic E-state index is 12.8. The molecule has 2 heterocycles. The molecule has 0 saturated heterocycles. The first-order valence-corrected chi connectivity index (χ1v) is 11.6. The van der Waals surface area contributed by atoms with Gasteiger partial charge in [-0.05, 0) is 54.7 Å². The van der Waals surface area contributed by atoms with Gasteiger partial charge >= 0.3 is 5.97 Å². The van der Waals surface area contributed by atoms with E-state index in [1.807, 2.05) is 61.5 Å². The number of para-hydroxylation sites is 1.